The molecule has 0 spiro atoms. The van der Waals surface area contributed by atoms with Gasteiger partial charge in [0, 0.05) is 5.33 Å². The maximum absolute atomic E-state index is 3.66. The molecule has 0 saturated heterocycles. The second kappa shape index (κ2) is 8.16. The lowest BCUT2D eigenvalue weighted by Crippen LogP contribution is -2.31. The topological polar surface area (TPSA) is 0 Å². The fraction of sp³-hybridized carbons (Fsp3) is 0.111. The molecule has 0 unspecified atom stereocenters. The van der Waals surface area contributed by atoms with Gasteiger partial charge in [-0.25, -0.2) is 0 Å². The number of aryl methyl sites for hydroxylation is 1. The molecule has 0 atom stereocenters. The van der Waals surface area contributed by atoms with Gasteiger partial charge in [0.15, 0.2) is 0 Å². The Morgan fingerprint density at radius 3 is 1.39 bits per heavy atom. The standard InChI is InChI=1S/C27H23Br/c1-21-17-22(20-28)19-26(18-21)27(23-11-5-2-6-12-23,24-13-7-3-8-14-24)25-15-9-4-10-16-25/h2-19H,20H2,1H3. The summed E-state index contributed by atoms with van der Waals surface area (Å²) in [6, 6.07) is 39.5. The van der Waals surface area contributed by atoms with Crippen LogP contribution in [0.15, 0.2) is 109 Å². The third kappa shape index (κ3) is 3.31. The van der Waals surface area contributed by atoms with Crippen LogP contribution in [-0.4, -0.2) is 0 Å². The largest absolute Gasteiger partial charge is 0.0876 e. The predicted octanol–water partition coefficient (Wildman–Crippen LogP) is 7.27. The predicted molar refractivity (Wildman–Crippen MR) is 122 cm³/mol. The number of halogens is 1. The van der Waals surface area contributed by atoms with E-state index in [1.807, 2.05) is 0 Å². The van der Waals surface area contributed by atoms with Crippen molar-refractivity contribution in [2.24, 2.45) is 0 Å². The second-order valence-electron chi connectivity index (χ2n) is 7.19. The van der Waals surface area contributed by atoms with E-state index < -0.39 is 0 Å². The Balaban J connectivity index is 2.15. The Kier molecular flexibility index (Phi) is 5.45. The van der Waals surface area contributed by atoms with Crippen molar-refractivity contribution in [3.8, 4) is 0 Å². The molecule has 0 saturated carbocycles. The molecule has 4 aromatic carbocycles. The molecule has 0 aromatic heterocycles. The van der Waals surface area contributed by atoms with Gasteiger partial charge in [-0.05, 0) is 34.7 Å². The molecule has 0 aliphatic carbocycles. The lowest BCUT2D eigenvalue weighted by Gasteiger charge is -2.37. The first-order valence-corrected chi connectivity index (χ1v) is 10.7. The quantitative estimate of drug-likeness (QED) is 0.232. The molecule has 0 bridgehead atoms. The van der Waals surface area contributed by atoms with Crippen LogP contribution >= 0.6 is 15.9 Å². The van der Waals surface area contributed by atoms with Crippen molar-refractivity contribution in [1.82, 2.24) is 0 Å². The fourth-order valence-corrected chi connectivity index (χ4v) is 4.54. The van der Waals surface area contributed by atoms with Crippen LogP contribution in [0.4, 0.5) is 0 Å². The highest BCUT2D eigenvalue weighted by Gasteiger charge is 2.38. The molecule has 0 N–H and O–H groups in total. The summed E-state index contributed by atoms with van der Waals surface area (Å²) in [7, 11) is 0. The summed E-state index contributed by atoms with van der Waals surface area (Å²) in [4.78, 5) is 0. The molecule has 138 valence electrons. The number of hydrogen-bond donors (Lipinski definition) is 0. The van der Waals surface area contributed by atoms with Crippen LogP contribution < -0.4 is 0 Å². The van der Waals surface area contributed by atoms with Gasteiger partial charge in [0.05, 0.1) is 5.41 Å². The molecule has 0 nitrogen and oxygen atoms in total. The lowest BCUT2D eigenvalue weighted by molar-refractivity contribution is 0.743. The third-order valence-corrected chi connectivity index (χ3v) is 5.99. The smallest absolute Gasteiger partial charge is 0.0701 e. The summed E-state index contributed by atoms with van der Waals surface area (Å²) in [5, 5.41) is 0.843. The van der Waals surface area contributed by atoms with Gasteiger partial charge >= 0.3 is 0 Å². The minimum absolute atomic E-state index is 0.368. The van der Waals surface area contributed by atoms with E-state index in [2.05, 4.69) is 132 Å². The Labute approximate surface area is 176 Å². The van der Waals surface area contributed by atoms with Crippen LogP contribution in [0.1, 0.15) is 33.4 Å². The van der Waals surface area contributed by atoms with E-state index in [0.717, 1.165) is 5.33 Å². The summed E-state index contributed by atoms with van der Waals surface area (Å²) < 4.78 is 0. The highest BCUT2D eigenvalue weighted by molar-refractivity contribution is 9.08. The number of hydrogen-bond acceptors (Lipinski definition) is 0. The van der Waals surface area contributed by atoms with Crippen LogP contribution in [0.5, 0.6) is 0 Å². The Morgan fingerprint density at radius 1 is 0.571 bits per heavy atom. The zero-order chi connectivity index (χ0) is 19.4. The Morgan fingerprint density at radius 2 is 1.00 bits per heavy atom. The molecule has 0 fully saturated rings. The first-order chi connectivity index (χ1) is 13.7. The van der Waals surface area contributed by atoms with Crippen molar-refractivity contribution < 1.29 is 0 Å². The van der Waals surface area contributed by atoms with Crippen LogP contribution in [0, 0.1) is 6.92 Å². The summed E-state index contributed by atoms with van der Waals surface area (Å²) in [6.45, 7) is 2.18. The van der Waals surface area contributed by atoms with E-state index in [-0.39, 0.29) is 5.41 Å². The van der Waals surface area contributed by atoms with Crippen molar-refractivity contribution in [1.29, 1.82) is 0 Å². The second-order valence-corrected chi connectivity index (χ2v) is 7.75. The SMILES string of the molecule is Cc1cc(CBr)cc(C(c2ccccc2)(c2ccccc2)c2ccccc2)c1. The van der Waals surface area contributed by atoms with Gasteiger partial charge in [0.25, 0.3) is 0 Å². The molecule has 4 aromatic rings. The molecule has 0 heterocycles. The van der Waals surface area contributed by atoms with Gasteiger partial charge in [0.2, 0.25) is 0 Å². The first kappa shape index (κ1) is 18.7. The van der Waals surface area contributed by atoms with Crippen molar-refractivity contribution in [2.45, 2.75) is 17.7 Å². The van der Waals surface area contributed by atoms with Crippen molar-refractivity contribution >= 4 is 15.9 Å². The summed E-state index contributed by atoms with van der Waals surface area (Å²) in [5.74, 6) is 0. The molecule has 0 aliphatic rings. The maximum atomic E-state index is 3.66. The third-order valence-electron chi connectivity index (χ3n) is 5.34. The minimum atomic E-state index is -0.368. The number of benzene rings is 4. The summed E-state index contributed by atoms with van der Waals surface area (Å²) in [5.41, 5.74) is 7.33. The zero-order valence-electron chi connectivity index (χ0n) is 16.0. The summed E-state index contributed by atoms with van der Waals surface area (Å²) in [6.07, 6.45) is 0. The van der Waals surface area contributed by atoms with Crippen molar-refractivity contribution in [2.75, 3.05) is 0 Å². The van der Waals surface area contributed by atoms with Gasteiger partial charge in [-0.3, -0.25) is 0 Å². The van der Waals surface area contributed by atoms with Gasteiger partial charge in [-0.15, -0.1) is 0 Å². The van der Waals surface area contributed by atoms with Gasteiger partial charge in [0.1, 0.15) is 0 Å². The van der Waals surface area contributed by atoms with Gasteiger partial charge in [-0.2, -0.15) is 0 Å². The fourth-order valence-electron chi connectivity index (χ4n) is 4.22. The van der Waals surface area contributed by atoms with Gasteiger partial charge < -0.3 is 0 Å². The van der Waals surface area contributed by atoms with E-state index in [4.69, 9.17) is 0 Å². The van der Waals surface area contributed by atoms with Gasteiger partial charge in [-0.1, -0.05) is 131 Å². The first-order valence-electron chi connectivity index (χ1n) is 9.58. The summed E-state index contributed by atoms with van der Waals surface area (Å²) >= 11 is 3.66. The van der Waals surface area contributed by atoms with Crippen LogP contribution in [0.2, 0.25) is 0 Å². The molecule has 28 heavy (non-hydrogen) atoms. The average Bonchev–Trinajstić information content (AvgIpc) is 2.76. The molecule has 0 aliphatic heterocycles. The molecular weight excluding hydrogens is 404 g/mol. The monoisotopic (exact) mass is 426 g/mol. The van der Waals surface area contributed by atoms with Crippen molar-refractivity contribution in [3.05, 3.63) is 143 Å². The molecule has 4 rings (SSSR count). The molecule has 1 heteroatoms. The molecular formula is C27H23Br. The normalized spacial score (nSPS) is 11.4. The lowest BCUT2D eigenvalue weighted by atomic mass is 9.65. The highest BCUT2D eigenvalue weighted by Crippen LogP contribution is 2.45. The van der Waals surface area contributed by atoms with Crippen molar-refractivity contribution in [3.63, 3.8) is 0 Å². The zero-order valence-corrected chi connectivity index (χ0v) is 17.6. The van der Waals surface area contributed by atoms with E-state index in [1.165, 1.54) is 33.4 Å². The average molecular weight is 427 g/mol. The van der Waals surface area contributed by atoms with Crippen LogP contribution in [0.3, 0.4) is 0 Å². The van der Waals surface area contributed by atoms with E-state index in [0.29, 0.717) is 0 Å². The van der Waals surface area contributed by atoms with Crippen LogP contribution in [-0.2, 0) is 10.7 Å². The molecule has 0 radical (unpaired) electrons. The number of alkyl halides is 1. The maximum Gasteiger partial charge on any atom is 0.0701 e. The minimum Gasteiger partial charge on any atom is -0.0876 e. The van der Waals surface area contributed by atoms with E-state index >= 15 is 0 Å². The van der Waals surface area contributed by atoms with E-state index in [9.17, 15) is 0 Å². The number of rotatable bonds is 5. The Hall–Kier alpha value is -2.64. The Bertz CT molecular complexity index is 941. The highest BCUT2D eigenvalue weighted by atomic mass is 79.9. The van der Waals surface area contributed by atoms with Crippen LogP contribution in [0.25, 0.3) is 0 Å². The van der Waals surface area contributed by atoms with E-state index in [1.54, 1.807) is 0 Å². The molecule has 0 amide bonds.